The van der Waals surface area contributed by atoms with Crippen LogP contribution in [0, 0.1) is 6.92 Å². The molecule has 8 heteroatoms. The molecule has 1 aliphatic rings. The lowest BCUT2D eigenvalue weighted by Gasteiger charge is -2.10. The zero-order chi connectivity index (χ0) is 21.3. The third kappa shape index (κ3) is 3.64. The van der Waals surface area contributed by atoms with Gasteiger partial charge in [-0.3, -0.25) is 20.4 Å². The van der Waals surface area contributed by atoms with Gasteiger partial charge in [0.15, 0.2) is 5.69 Å². The van der Waals surface area contributed by atoms with Crippen molar-refractivity contribution in [2.75, 3.05) is 7.11 Å². The Bertz CT molecular complexity index is 1140. The van der Waals surface area contributed by atoms with Gasteiger partial charge >= 0.3 is 0 Å². The van der Waals surface area contributed by atoms with E-state index in [-0.39, 0.29) is 5.56 Å². The van der Waals surface area contributed by atoms with Gasteiger partial charge in [-0.25, -0.2) is 4.68 Å². The number of ether oxygens (including phenoxy) is 1. The molecule has 154 valence electrons. The standard InChI is InChI=1S/C22H21ClN4O3/c1-13-6-3-4-8-17(13)27-18-9-5-7-15(18)20(26-27)22(29)25-24-21(28)16-11-10-14(23)12-19(16)30-2/h3-4,6,8,10-12H,5,7,9H2,1-2H3,(H,24,28)(H,25,29). The van der Waals surface area contributed by atoms with Crippen molar-refractivity contribution < 1.29 is 14.3 Å². The molecule has 1 aromatic heterocycles. The molecule has 2 amide bonds. The first-order chi connectivity index (χ1) is 14.5. The Labute approximate surface area is 179 Å². The summed E-state index contributed by atoms with van der Waals surface area (Å²) >= 11 is 5.93. The lowest BCUT2D eigenvalue weighted by atomic mass is 10.2. The minimum Gasteiger partial charge on any atom is -0.496 e. The van der Waals surface area contributed by atoms with Crippen molar-refractivity contribution in [3.8, 4) is 11.4 Å². The molecule has 1 aliphatic carbocycles. The maximum atomic E-state index is 12.8. The van der Waals surface area contributed by atoms with Gasteiger partial charge in [0.2, 0.25) is 0 Å². The predicted molar refractivity (Wildman–Crippen MR) is 113 cm³/mol. The third-order valence-electron chi connectivity index (χ3n) is 5.19. The summed E-state index contributed by atoms with van der Waals surface area (Å²) in [5.74, 6) is -0.646. The molecule has 2 N–H and O–H groups in total. The van der Waals surface area contributed by atoms with E-state index >= 15 is 0 Å². The number of hydrogen-bond donors (Lipinski definition) is 2. The fourth-order valence-electron chi connectivity index (χ4n) is 3.71. The fraction of sp³-hybridized carbons (Fsp3) is 0.227. The number of hydrazine groups is 1. The monoisotopic (exact) mass is 424 g/mol. The topological polar surface area (TPSA) is 85.2 Å². The number of carbonyl (C=O) groups is 2. The average Bonchev–Trinajstić information content (AvgIpc) is 3.35. The molecule has 30 heavy (non-hydrogen) atoms. The van der Waals surface area contributed by atoms with Crippen LogP contribution in [-0.2, 0) is 12.8 Å². The number of para-hydroxylation sites is 1. The van der Waals surface area contributed by atoms with Crippen LogP contribution >= 0.6 is 11.6 Å². The van der Waals surface area contributed by atoms with Crippen molar-refractivity contribution in [2.24, 2.45) is 0 Å². The highest BCUT2D eigenvalue weighted by Gasteiger charge is 2.27. The molecule has 1 heterocycles. The molecule has 0 radical (unpaired) electrons. The van der Waals surface area contributed by atoms with Crippen LogP contribution in [-0.4, -0.2) is 28.7 Å². The van der Waals surface area contributed by atoms with Gasteiger partial charge < -0.3 is 4.74 Å². The number of aromatic nitrogens is 2. The van der Waals surface area contributed by atoms with Gasteiger partial charge in [-0.05, 0) is 56.0 Å². The third-order valence-corrected chi connectivity index (χ3v) is 5.42. The molecule has 0 aliphatic heterocycles. The van der Waals surface area contributed by atoms with Crippen LogP contribution in [0.3, 0.4) is 0 Å². The van der Waals surface area contributed by atoms with Crippen LogP contribution in [0.2, 0.25) is 5.02 Å². The Hall–Kier alpha value is -3.32. The number of hydrogen-bond acceptors (Lipinski definition) is 4. The van der Waals surface area contributed by atoms with Crippen molar-refractivity contribution in [1.82, 2.24) is 20.6 Å². The zero-order valence-electron chi connectivity index (χ0n) is 16.7. The molecule has 7 nitrogen and oxygen atoms in total. The van der Waals surface area contributed by atoms with Crippen molar-refractivity contribution in [2.45, 2.75) is 26.2 Å². The molecule has 0 saturated carbocycles. The molecule has 2 aromatic carbocycles. The number of benzene rings is 2. The van der Waals surface area contributed by atoms with Crippen LogP contribution in [0.1, 0.15) is 44.1 Å². The Morgan fingerprint density at radius 2 is 1.87 bits per heavy atom. The highest BCUT2D eigenvalue weighted by Crippen LogP contribution is 2.29. The second-order valence-corrected chi connectivity index (χ2v) is 7.51. The summed E-state index contributed by atoms with van der Waals surface area (Å²) in [5, 5.41) is 5.02. The minimum atomic E-state index is -0.508. The number of fused-ring (bicyclic) bond motifs is 1. The number of rotatable bonds is 4. The lowest BCUT2D eigenvalue weighted by Crippen LogP contribution is -2.42. The first kappa shape index (κ1) is 20.0. The van der Waals surface area contributed by atoms with E-state index in [2.05, 4.69) is 16.0 Å². The van der Waals surface area contributed by atoms with Gasteiger partial charge in [0.1, 0.15) is 5.75 Å². The van der Waals surface area contributed by atoms with Crippen molar-refractivity contribution in [3.05, 3.63) is 75.6 Å². The molecule has 0 bridgehead atoms. The van der Waals surface area contributed by atoms with Crippen molar-refractivity contribution in [1.29, 1.82) is 0 Å². The molecule has 0 atom stereocenters. The van der Waals surface area contributed by atoms with Crippen LogP contribution in [0.5, 0.6) is 5.75 Å². The van der Waals surface area contributed by atoms with Gasteiger partial charge in [-0.2, -0.15) is 5.10 Å². The van der Waals surface area contributed by atoms with Gasteiger partial charge in [0, 0.05) is 16.3 Å². The quantitative estimate of drug-likeness (QED) is 0.628. The van der Waals surface area contributed by atoms with E-state index in [1.807, 2.05) is 35.9 Å². The first-order valence-corrected chi connectivity index (χ1v) is 9.98. The lowest BCUT2D eigenvalue weighted by molar-refractivity contribution is 0.0841. The summed E-state index contributed by atoms with van der Waals surface area (Å²) in [5.41, 5.74) is 9.48. The first-order valence-electron chi connectivity index (χ1n) is 9.60. The van der Waals surface area contributed by atoms with Crippen LogP contribution in [0.4, 0.5) is 0 Å². The molecule has 4 rings (SSSR count). The van der Waals surface area contributed by atoms with Crippen molar-refractivity contribution in [3.63, 3.8) is 0 Å². The fourth-order valence-corrected chi connectivity index (χ4v) is 3.87. The van der Waals surface area contributed by atoms with Crippen molar-refractivity contribution >= 4 is 23.4 Å². The van der Waals surface area contributed by atoms with E-state index in [0.717, 1.165) is 41.8 Å². The van der Waals surface area contributed by atoms with Gasteiger partial charge in [0.25, 0.3) is 11.8 Å². The number of aryl methyl sites for hydroxylation is 1. The van der Waals surface area contributed by atoms with Crippen LogP contribution < -0.4 is 15.6 Å². The summed E-state index contributed by atoms with van der Waals surface area (Å²) in [6, 6.07) is 12.6. The Kier molecular flexibility index (Phi) is 5.46. The Morgan fingerprint density at radius 1 is 1.10 bits per heavy atom. The van der Waals surface area contributed by atoms with E-state index in [4.69, 9.17) is 16.3 Å². The summed E-state index contributed by atoms with van der Waals surface area (Å²) in [6.45, 7) is 2.01. The maximum absolute atomic E-state index is 12.8. The summed E-state index contributed by atoms with van der Waals surface area (Å²) in [7, 11) is 1.45. The molecular formula is C22H21ClN4O3. The second-order valence-electron chi connectivity index (χ2n) is 7.08. The minimum absolute atomic E-state index is 0.262. The predicted octanol–water partition coefficient (Wildman–Crippen LogP) is 3.41. The SMILES string of the molecule is COc1cc(Cl)ccc1C(=O)NNC(=O)c1nn(-c2ccccc2C)c2c1CCC2. The molecule has 0 spiro atoms. The largest absolute Gasteiger partial charge is 0.496 e. The average molecular weight is 425 g/mol. The van der Waals surface area contributed by atoms with Crippen LogP contribution in [0.25, 0.3) is 5.69 Å². The van der Waals surface area contributed by atoms with E-state index in [1.54, 1.807) is 6.07 Å². The van der Waals surface area contributed by atoms with E-state index in [9.17, 15) is 9.59 Å². The number of halogens is 1. The van der Waals surface area contributed by atoms with E-state index in [0.29, 0.717) is 16.5 Å². The normalized spacial score (nSPS) is 12.4. The number of amides is 2. The highest BCUT2D eigenvalue weighted by atomic mass is 35.5. The Balaban J connectivity index is 1.56. The van der Waals surface area contributed by atoms with E-state index in [1.165, 1.54) is 19.2 Å². The van der Waals surface area contributed by atoms with Gasteiger partial charge in [0.05, 0.1) is 18.4 Å². The molecular weight excluding hydrogens is 404 g/mol. The summed E-state index contributed by atoms with van der Waals surface area (Å²) in [4.78, 5) is 25.3. The smallest absolute Gasteiger partial charge is 0.290 e. The molecule has 0 unspecified atom stereocenters. The number of nitrogens with one attached hydrogen (secondary N) is 2. The number of methoxy groups -OCH3 is 1. The van der Waals surface area contributed by atoms with Gasteiger partial charge in [-0.1, -0.05) is 29.8 Å². The zero-order valence-corrected chi connectivity index (χ0v) is 17.4. The van der Waals surface area contributed by atoms with Crippen LogP contribution in [0.15, 0.2) is 42.5 Å². The number of carbonyl (C=O) groups excluding carboxylic acids is 2. The molecule has 0 fully saturated rings. The number of nitrogens with zero attached hydrogens (tertiary/aromatic N) is 2. The summed E-state index contributed by atoms with van der Waals surface area (Å²) in [6.07, 6.45) is 2.61. The molecule has 3 aromatic rings. The highest BCUT2D eigenvalue weighted by molar-refractivity contribution is 6.30. The Morgan fingerprint density at radius 3 is 2.63 bits per heavy atom. The molecule has 0 saturated heterocycles. The van der Waals surface area contributed by atoms with Gasteiger partial charge in [-0.15, -0.1) is 0 Å². The summed E-state index contributed by atoms with van der Waals surface area (Å²) < 4.78 is 7.03. The van der Waals surface area contributed by atoms with E-state index < -0.39 is 11.8 Å². The maximum Gasteiger partial charge on any atom is 0.290 e. The second kappa shape index (κ2) is 8.20.